The number of hydrogen-bond acceptors (Lipinski definition) is 3. The summed E-state index contributed by atoms with van der Waals surface area (Å²) in [6.07, 6.45) is 3.47. The Bertz CT molecular complexity index is 527. The van der Waals surface area contributed by atoms with Gasteiger partial charge in [0.2, 0.25) is 5.91 Å². The summed E-state index contributed by atoms with van der Waals surface area (Å²) in [6, 6.07) is 5.72. The number of nitrogens with one attached hydrogen (secondary N) is 1. The maximum absolute atomic E-state index is 12.5. The highest BCUT2D eigenvalue weighted by atomic mass is 16.5. The first kappa shape index (κ1) is 13.4. The van der Waals surface area contributed by atoms with E-state index in [0.29, 0.717) is 11.8 Å². The molecule has 2 bridgehead atoms. The van der Waals surface area contributed by atoms with Crippen LogP contribution < -0.4 is 15.8 Å². The summed E-state index contributed by atoms with van der Waals surface area (Å²) in [5.41, 5.74) is 8.08. The molecule has 4 unspecified atom stereocenters. The standard InChI is InChI=1S/C16H22N2O2/c1-9-7-12(20-2)5-6-13(9)18-16(19)14-10-3-4-11(8-10)15(14)17/h5-7,10-11,14-15H,3-4,8,17H2,1-2H3,(H,18,19). The number of carbonyl (C=O) groups is 1. The van der Waals surface area contributed by atoms with Crippen molar-refractivity contribution in [2.75, 3.05) is 12.4 Å². The Labute approximate surface area is 119 Å². The van der Waals surface area contributed by atoms with E-state index in [2.05, 4.69) is 5.32 Å². The zero-order valence-corrected chi connectivity index (χ0v) is 12.1. The number of fused-ring (bicyclic) bond motifs is 2. The normalized spacial score (nSPS) is 31.4. The van der Waals surface area contributed by atoms with Crippen molar-refractivity contribution in [3.8, 4) is 5.75 Å². The zero-order valence-electron chi connectivity index (χ0n) is 12.1. The van der Waals surface area contributed by atoms with Gasteiger partial charge in [-0.15, -0.1) is 0 Å². The summed E-state index contributed by atoms with van der Waals surface area (Å²) in [5.74, 6) is 1.90. The first-order valence-corrected chi connectivity index (χ1v) is 7.31. The van der Waals surface area contributed by atoms with Gasteiger partial charge in [-0.1, -0.05) is 0 Å². The fourth-order valence-electron chi connectivity index (χ4n) is 3.84. The minimum Gasteiger partial charge on any atom is -0.497 e. The molecule has 4 nitrogen and oxygen atoms in total. The highest BCUT2D eigenvalue weighted by Crippen LogP contribution is 2.48. The SMILES string of the molecule is COc1ccc(NC(=O)C2C3CCC(C3)C2N)c(C)c1. The number of nitrogens with two attached hydrogens (primary N) is 1. The number of methoxy groups -OCH3 is 1. The van der Waals surface area contributed by atoms with Crippen molar-refractivity contribution in [1.82, 2.24) is 0 Å². The molecule has 3 rings (SSSR count). The molecule has 4 atom stereocenters. The molecule has 108 valence electrons. The Balaban J connectivity index is 1.73. The van der Waals surface area contributed by atoms with Gasteiger partial charge >= 0.3 is 0 Å². The van der Waals surface area contributed by atoms with Crippen LogP contribution in [0.3, 0.4) is 0 Å². The van der Waals surface area contributed by atoms with Gasteiger partial charge in [-0.2, -0.15) is 0 Å². The predicted molar refractivity (Wildman–Crippen MR) is 78.7 cm³/mol. The van der Waals surface area contributed by atoms with Gasteiger partial charge in [0.05, 0.1) is 13.0 Å². The van der Waals surface area contributed by atoms with Gasteiger partial charge < -0.3 is 15.8 Å². The summed E-state index contributed by atoms with van der Waals surface area (Å²) < 4.78 is 5.18. The van der Waals surface area contributed by atoms with Crippen LogP contribution in [0.2, 0.25) is 0 Å². The maximum atomic E-state index is 12.5. The van der Waals surface area contributed by atoms with Crippen LogP contribution in [-0.2, 0) is 4.79 Å². The van der Waals surface area contributed by atoms with Crippen molar-refractivity contribution in [1.29, 1.82) is 0 Å². The number of rotatable bonds is 3. The van der Waals surface area contributed by atoms with Gasteiger partial charge in [0.15, 0.2) is 0 Å². The number of amides is 1. The lowest BCUT2D eigenvalue weighted by molar-refractivity contribution is -0.121. The van der Waals surface area contributed by atoms with Crippen LogP contribution in [0.4, 0.5) is 5.69 Å². The molecule has 2 aliphatic rings. The fraction of sp³-hybridized carbons (Fsp3) is 0.562. The van der Waals surface area contributed by atoms with Crippen molar-refractivity contribution in [2.45, 2.75) is 32.2 Å². The Morgan fingerprint density at radius 3 is 2.70 bits per heavy atom. The molecule has 0 spiro atoms. The van der Waals surface area contributed by atoms with E-state index in [1.165, 1.54) is 6.42 Å². The van der Waals surface area contributed by atoms with Crippen LogP contribution in [0.5, 0.6) is 5.75 Å². The predicted octanol–water partition coefficient (Wildman–Crippen LogP) is 2.32. The molecule has 2 aliphatic carbocycles. The van der Waals surface area contributed by atoms with E-state index in [1.54, 1.807) is 7.11 Å². The van der Waals surface area contributed by atoms with E-state index in [1.807, 2.05) is 25.1 Å². The van der Waals surface area contributed by atoms with Gasteiger partial charge in [0.25, 0.3) is 0 Å². The Morgan fingerprint density at radius 2 is 2.10 bits per heavy atom. The highest BCUT2D eigenvalue weighted by molar-refractivity contribution is 5.94. The quantitative estimate of drug-likeness (QED) is 0.889. The van der Waals surface area contributed by atoms with E-state index < -0.39 is 0 Å². The average molecular weight is 274 g/mol. The zero-order chi connectivity index (χ0) is 14.3. The molecule has 1 amide bonds. The summed E-state index contributed by atoms with van der Waals surface area (Å²) in [4.78, 5) is 12.5. The molecule has 3 N–H and O–H groups in total. The van der Waals surface area contributed by atoms with E-state index in [0.717, 1.165) is 29.8 Å². The number of anilines is 1. The topological polar surface area (TPSA) is 64.3 Å². The highest BCUT2D eigenvalue weighted by Gasteiger charge is 2.49. The van der Waals surface area contributed by atoms with E-state index in [4.69, 9.17) is 10.5 Å². The number of benzene rings is 1. The number of carbonyl (C=O) groups excluding carboxylic acids is 1. The number of hydrogen-bond donors (Lipinski definition) is 2. The maximum Gasteiger partial charge on any atom is 0.229 e. The molecule has 0 aromatic heterocycles. The molecule has 2 saturated carbocycles. The van der Waals surface area contributed by atoms with Crippen LogP contribution in [0.15, 0.2) is 18.2 Å². The van der Waals surface area contributed by atoms with Crippen LogP contribution >= 0.6 is 0 Å². The Kier molecular flexibility index (Phi) is 3.42. The van der Waals surface area contributed by atoms with Gasteiger partial charge in [-0.3, -0.25) is 4.79 Å². The molecular weight excluding hydrogens is 252 g/mol. The van der Waals surface area contributed by atoms with Gasteiger partial charge in [-0.25, -0.2) is 0 Å². The molecule has 1 aromatic carbocycles. The Morgan fingerprint density at radius 1 is 1.35 bits per heavy atom. The van der Waals surface area contributed by atoms with Crippen LogP contribution in [0, 0.1) is 24.7 Å². The van der Waals surface area contributed by atoms with Crippen LogP contribution in [0.1, 0.15) is 24.8 Å². The molecular formula is C16H22N2O2. The number of aryl methyl sites for hydroxylation is 1. The minimum atomic E-state index is -0.0183. The Hall–Kier alpha value is -1.55. The molecule has 0 saturated heterocycles. The third-order valence-electron chi connectivity index (χ3n) is 4.97. The van der Waals surface area contributed by atoms with Crippen molar-refractivity contribution in [2.24, 2.45) is 23.5 Å². The minimum absolute atomic E-state index is 0.0183. The molecule has 20 heavy (non-hydrogen) atoms. The molecule has 0 radical (unpaired) electrons. The lowest BCUT2D eigenvalue weighted by Gasteiger charge is -2.27. The van der Waals surface area contributed by atoms with E-state index in [-0.39, 0.29) is 17.9 Å². The lowest BCUT2D eigenvalue weighted by atomic mass is 9.84. The molecule has 0 heterocycles. The summed E-state index contributed by atoms with van der Waals surface area (Å²) >= 11 is 0. The largest absolute Gasteiger partial charge is 0.497 e. The van der Waals surface area contributed by atoms with Crippen molar-refractivity contribution in [3.05, 3.63) is 23.8 Å². The molecule has 1 aromatic rings. The third kappa shape index (κ3) is 2.18. The number of ether oxygens (including phenoxy) is 1. The molecule has 0 aliphatic heterocycles. The summed E-state index contributed by atoms with van der Waals surface area (Å²) in [6.45, 7) is 1.97. The second kappa shape index (κ2) is 5.09. The summed E-state index contributed by atoms with van der Waals surface area (Å²) in [7, 11) is 1.64. The van der Waals surface area contributed by atoms with Crippen molar-refractivity contribution >= 4 is 11.6 Å². The second-order valence-corrected chi connectivity index (χ2v) is 6.11. The smallest absolute Gasteiger partial charge is 0.229 e. The monoisotopic (exact) mass is 274 g/mol. The van der Waals surface area contributed by atoms with Crippen LogP contribution in [0.25, 0.3) is 0 Å². The van der Waals surface area contributed by atoms with Crippen LogP contribution in [-0.4, -0.2) is 19.1 Å². The lowest BCUT2D eigenvalue weighted by Crippen LogP contribution is -2.42. The van der Waals surface area contributed by atoms with Gasteiger partial charge in [0, 0.05) is 11.7 Å². The van der Waals surface area contributed by atoms with E-state index in [9.17, 15) is 4.79 Å². The van der Waals surface area contributed by atoms with Gasteiger partial charge in [0.1, 0.15) is 5.75 Å². The first-order chi connectivity index (χ1) is 9.60. The third-order valence-corrected chi connectivity index (χ3v) is 4.97. The fourth-order valence-corrected chi connectivity index (χ4v) is 3.84. The van der Waals surface area contributed by atoms with Crippen molar-refractivity contribution in [3.63, 3.8) is 0 Å². The summed E-state index contributed by atoms with van der Waals surface area (Å²) in [5, 5.41) is 3.04. The van der Waals surface area contributed by atoms with E-state index >= 15 is 0 Å². The van der Waals surface area contributed by atoms with Crippen molar-refractivity contribution < 1.29 is 9.53 Å². The average Bonchev–Trinajstić information content (AvgIpc) is 3.01. The molecule has 2 fully saturated rings. The molecule has 4 heteroatoms. The first-order valence-electron chi connectivity index (χ1n) is 7.31. The second-order valence-electron chi connectivity index (χ2n) is 6.11. The van der Waals surface area contributed by atoms with Gasteiger partial charge in [-0.05, 0) is 61.8 Å².